The van der Waals surface area contributed by atoms with Gasteiger partial charge in [-0.25, -0.2) is 0 Å². The molecule has 0 aliphatic heterocycles. The lowest BCUT2D eigenvalue weighted by molar-refractivity contribution is 0.0832. The fraction of sp³-hybridized carbons (Fsp3) is 1.00. The summed E-state index contributed by atoms with van der Waals surface area (Å²) in [7, 11) is 0. The van der Waals surface area contributed by atoms with Gasteiger partial charge in [0, 0.05) is 25.5 Å². The predicted octanol–water partition coefficient (Wildman–Crippen LogP) is 1.12. The van der Waals surface area contributed by atoms with E-state index in [4.69, 9.17) is 4.74 Å². The van der Waals surface area contributed by atoms with Crippen LogP contribution in [0.15, 0.2) is 0 Å². The molecule has 1 atom stereocenters. The van der Waals surface area contributed by atoms with Crippen LogP contribution in [0.4, 0.5) is 0 Å². The lowest BCUT2D eigenvalue weighted by atomic mass is 10.1. The van der Waals surface area contributed by atoms with E-state index in [0.717, 1.165) is 31.9 Å². The zero-order valence-electron chi connectivity index (χ0n) is 9.51. The zero-order chi connectivity index (χ0) is 10.9. The molecular formula is C10H23NO2S. The summed E-state index contributed by atoms with van der Waals surface area (Å²) in [6, 6.07) is 0. The lowest BCUT2D eigenvalue weighted by Gasteiger charge is -2.22. The van der Waals surface area contributed by atoms with Gasteiger partial charge in [0.1, 0.15) is 0 Å². The zero-order valence-corrected chi connectivity index (χ0v) is 10.3. The van der Waals surface area contributed by atoms with Crippen molar-refractivity contribution in [2.75, 3.05) is 38.3 Å². The molecule has 14 heavy (non-hydrogen) atoms. The van der Waals surface area contributed by atoms with Gasteiger partial charge < -0.3 is 15.2 Å². The van der Waals surface area contributed by atoms with E-state index in [9.17, 15) is 5.11 Å². The van der Waals surface area contributed by atoms with Crippen LogP contribution in [0.5, 0.6) is 0 Å². The molecule has 0 saturated heterocycles. The van der Waals surface area contributed by atoms with Crippen molar-refractivity contribution in [1.82, 2.24) is 5.32 Å². The van der Waals surface area contributed by atoms with E-state index >= 15 is 0 Å². The van der Waals surface area contributed by atoms with Crippen molar-refractivity contribution in [3.63, 3.8) is 0 Å². The maximum Gasteiger partial charge on any atom is 0.0833 e. The summed E-state index contributed by atoms with van der Waals surface area (Å²) in [6.45, 7) is 7.00. The molecule has 3 nitrogen and oxygen atoms in total. The highest BCUT2D eigenvalue weighted by Gasteiger charge is 2.18. The van der Waals surface area contributed by atoms with Crippen LogP contribution in [-0.4, -0.2) is 49.0 Å². The van der Waals surface area contributed by atoms with Crippen molar-refractivity contribution in [3.8, 4) is 0 Å². The van der Waals surface area contributed by atoms with Crippen molar-refractivity contribution in [2.45, 2.75) is 25.9 Å². The third-order valence-corrected chi connectivity index (χ3v) is 2.72. The van der Waals surface area contributed by atoms with Gasteiger partial charge >= 0.3 is 0 Å². The number of thioether (sulfide) groups is 1. The summed E-state index contributed by atoms with van der Waals surface area (Å²) in [4.78, 5) is 0. The van der Waals surface area contributed by atoms with Crippen LogP contribution in [0.1, 0.15) is 20.3 Å². The molecule has 4 heteroatoms. The first-order valence-corrected chi connectivity index (χ1v) is 6.51. The Bertz CT molecular complexity index is 131. The second-order valence-corrected chi connectivity index (χ2v) is 4.52. The molecule has 0 bridgehead atoms. The molecule has 86 valence electrons. The minimum atomic E-state index is -0.592. The number of hydrogen-bond donors (Lipinski definition) is 2. The minimum absolute atomic E-state index is 0.592. The highest BCUT2D eigenvalue weighted by molar-refractivity contribution is 7.98. The van der Waals surface area contributed by atoms with Crippen molar-refractivity contribution >= 4 is 11.8 Å². The number of aliphatic hydroxyl groups is 1. The number of nitrogens with one attached hydrogen (secondary N) is 1. The quantitative estimate of drug-likeness (QED) is 0.573. The molecule has 0 saturated carbocycles. The molecule has 0 amide bonds. The molecule has 0 aliphatic carbocycles. The monoisotopic (exact) mass is 221 g/mol. The Kier molecular flexibility index (Phi) is 8.67. The van der Waals surface area contributed by atoms with Gasteiger partial charge in [-0.15, -0.1) is 0 Å². The minimum Gasteiger partial charge on any atom is -0.388 e. The number of ether oxygens (including phenoxy) is 1. The van der Waals surface area contributed by atoms with Gasteiger partial charge in [0.2, 0.25) is 0 Å². The second-order valence-electron chi connectivity index (χ2n) is 3.66. The van der Waals surface area contributed by atoms with E-state index in [1.807, 2.05) is 20.1 Å². The molecule has 0 aromatic carbocycles. The summed E-state index contributed by atoms with van der Waals surface area (Å²) < 4.78 is 5.21. The van der Waals surface area contributed by atoms with Crippen LogP contribution < -0.4 is 5.32 Å². The summed E-state index contributed by atoms with van der Waals surface area (Å²) in [6.07, 6.45) is 3.01. The van der Waals surface area contributed by atoms with E-state index in [2.05, 4.69) is 5.32 Å². The SMILES string of the molecule is CCOCCCNCC(C)(O)CSC. The molecule has 2 N–H and O–H groups in total. The van der Waals surface area contributed by atoms with Gasteiger partial charge in [0.25, 0.3) is 0 Å². The first kappa shape index (κ1) is 14.2. The fourth-order valence-electron chi connectivity index (χ4n) is 1.16. The van der Waals surface area contributed by atoms with E-state index < -0.39 is 5.60 Å². The Labute approximate surface area is 91.6 Å². The molecule has 0 rings (SSSR count). The predicted molar refractivity (Wildman–Crippen MR) is 63.0 cm³/mol. The largest absolute Gasteiger partial charge is 0.388 e. The van der Waals surface area contributed by atoms with E-state index in [-0.39, 0.29) is 0 Å². The molecule has 0 spiro atoms. The molecule has 0 fully saturated rings. The molecule has 0 heterocycles. The molecule has 0 aromatic rings. The lowest BCUT2D eigenvalue weighted by Crippen LogP contribution is -2.40. The third kappa shape index (κ3) is 8.81. The van der Waals surface area contributed by atoms with Gasteiger partial charge in [0.15, 0.2) is 0 Å². The molecule has 0 radical (unpaired) electrons. The Balaban J connectivity index is 3.26. The van der Waals surface area contributed by atoms with Crippen LogP contribution in [0.2, 0.25) is 0 Å². The maximum atomic E-state index is 9.80. The van der Waals surface area contributed by atoms with E-state index in [1.165, 1.54) is 0 Å². The first-order valence-electron chi connectivity index (χ1n) is 5.12. The maximum absolute atomic E-state index is 9.80. The van der Waals surface area contributed by atoms with Gasteiger partial charge in [-0.2, -0.15) is 11.8 Å². The van der Waals surface area contributed by atoms with Crippen molar-refractivity contribution in [1.29, 1.82) is 0 Å². The number of rotatable bonds is 9. The molecule has 0 aliphatic rings. The highest BCUT2D eigenvalue weighted by atomic mass is 32.2. The Morgan fingerprint density at radius 1 is 1.50 bits per heavy atom. The second kappa shape index (κ2) is 8.53. The first-order chi connectivity index (χ1) is 6.62. The van der Waals surface area contributed by atoms with Crippen molar-refractivity contribution in [2.24, 2.45) is 0 Å². The van der Waals surface area contributed by atoms with Crippen LogP contribution in [0.25, 0.3) is 0 Å². The van der Waals surface area contributed by atoms with Crippen LogP contribution >= 0.6 is 11.8 Å². The Hall–Kier alpha value is 0.230. The summed E-state index contributed by atoms with van der Waals surface area (Å²) in [5.41, 5.74) is -0.592. The smallest absolute Gasteiger partial charge is 0.0833 e. The van der Waals surface area contributed by atoms with Gasteiger partial charge in [0.05, 0.1) is 5.60 Å². The fourth-order valence-corrected chi connectivity index (χ4v) is 1.89. The summed E-state index contributed by atoms with van der Waals surface area (Å²) >= 11 is 1.67. The average Bonchev–Trinajstić information content (AvgIpc) is 2.11. The van der Waals surface area contributed by atoms with Gasteiger partial charge in [-0.3, -0.25) is 0 Å². The van der Waals surface area contributed by atoms with Gasteiger partial charge in [-0.1, -0.05) is 0 Å². The Morgan fingerprint density at radius 3 is 2.79 bits per heavy atom. The topological polar surface area (TPSA) is 41.5 Å². The third-order valence-electron chi connectivity index (χ3n) is 1.81. The average molecular weight is 221 g/mol. The van der Waals surface area contributed by atoms with E-state index in [1.54, 1.807) is 11.8 Å². The van der Waals surface area contributed by atoms with Crippen LogP contribution in [0.3, 0.4) is 0 Å². The van der Waals surface area contributed by atoms with Gasteiger partial charge in [-0.05, 0) is 33.1 Å². The van der Waals surface area contributed by atoms with Crippen molar-refractivity contribution < 1.29 is 9.84 Å². The summed E-state index contributed by atoms with van der Waals surface area (Å²) in [5, 5.41) is 13.0. The number of hydrogen-bond acceptors (Lipinski definition) is 4. The molecule has 0 aromatic heterocycles. The molecule has 1 unspecified atom stereocenters. The van der Waals surface area contributed by atoms with E-state index in [0.29, 0.717) is 6.54 Å². The van der Waals surface area contributed by atoms with Crippen LogP contribution in [0, 0.1) is 0 Å². The Morgan fingerprint density at radius 2 is 2.21 bits per heavy atom. The van der Waals surface area contributed by atoms with Crippen LogP contribution in [-0.2, 0) is 4.74 Å². The van der Waals surface area contributed by atoms with Crippen molar-refractivity contribution in [3.05, 3.63) is 0 Å². The molecular weight excluding hydrogens is 198 g/mol. The highest BCUT2D eigenvalue weighted by Crippen LogP contribution is 2.08. The normalized spacial score (nSPS) is 15.4. The summed E-state index contributed by atoms with van der Waals surface area (Å²) in [5.74, 6) is 0.769. The standard InChI is InChI=1S/C10H23NO2S/c1-4-13-7-5-6-11-8-10(2,12)9-14-3/h11-12H,4-9H2,1-3H3.